The SMILES string of the molecule is CC(C)c1cc(-c2ccccc2)cc(C(C)C)c1-n1c(-c2ccc3c4ccccc4c4ccccc4c3c2)nc2ccccc21.CC(C)c1cc(-c2ccccc2)cc(C(C)C)c1-n1c(Br)nc2ccccc21.CC1(C)OB(c2ccc3c4ccccc4c4ccccc4c3c2)OC1(C)C. The molecule has 1 aliphatic heterocycles. The molecule has 0 spiro atoms. The van der Waals surface area contributed by atoms with E-state index in [0.29, 0.717) is 23.7 Å². The van der Waals surface area contributed by atoms with Crippen LogP contribution in [0.1, 0.15) is 129 Å². The molecule has 2 aromatic heterocycles. The Balaban J connectivity index is 0.000000128. The minimum Gasteiger partial charge on any atom is -0.399 e. The highest BCUT2D eigenvalue weighted by molar-refractivity contribution is 9.10. The second-order valence-electron chi connectivity index (χ2n) is 29.2. The van der Waals surface area contributed by atoms with Crippen LogP contribution in [0, 0.1) is 0 Å². The van der Waals surface area contributed by atoms with E-state index in [-0.39, 0.29) is 18.3 Å². The standard InChI is InChI=1S/C43H36N2.C25H25BrN2.C24H23BO2/c1-27(2)37-25-31(29-14-6-5-7-15-29)26-38(28(3)4)42(37)45-41-21-13-12-20-40(41)44-43(45)30-22-23-36-34-18-9-8-16-32(34)33-17-10-11-19-35(33)39(36)24-30;1-16(2)20-14-19(18-10-6-5-7-11-18)15-21(17(3)4)24(20)28-23-13-9-8-12-22(23)27-25(28)26;1-23(2)24(3,4)27-25(26-23)16-13-14-21-19-11-6-5-9-17(19)18-10-7-8-12-20(18)22(21)15-16/h5-28H,1-4H3;5-17H,1-4H3;5-15H,1-4H3. The molecule has 0 amide bonds. The number of nitrogens with zero attached hydrogens (tertiary/aromatic N) is 4. The Morgan fingerprint density at radius 2 is 0.630 bits per heavy atom. The highest BCUT2D eigenvalue weighted by atomic mass is 79.9. The molecule has 0 bridgehead atoms. The highest BCUT2D eigenvalue weighted by Crippen LogP contribution is 2.45. The van der Waals surface area contributed by atoms with Crippen molar-refractivity contribution >= 4 is 115 Å². The van der Waals surface area contributed by atoms with E-state index in [1.54, 1.807) is 0 Å². The molecule has 1 aliphatic rings. The summed E-state index contributed by atoms with van der Waals surface area (Å²) in [5, 5.41) is 15.3. The number of para-hydroxylation sites is 4. The van der Waals surface area contributed by atoms with Gasteiger partial charge in [-0.15, -0.1) is 0 Å². The van der Waals surface area contributed by atoms with E-state index in [9.17, 15) is 0 Å². The molecule has 0 N–H and O–H groups in total. The summed E-state index contributed by atoms with van der Waals surface area (Å²) >= 11 is 3.73. The van der Waals surface area contributed by atoms with Crippen LogP contribution in [-0.2, 0) is 9.31 Å². The predicted octanol–water partition coefficient (Wildman–Crippen LogP) is 25.2. The molecule has 0 unspecified atom stereocenters. The fourth-order valence-electron chi connectivity index (χ4n) is 15.0. The van der Waals surface area contributed by atoms with Crippen molar-refractivity contribution < 1.29 is 9.31 Å². The quantitative estimate of drug-likeness (QED) is 0.101. The lowest BCUT2D eigenvalue weighted by Gasteiger charge is -2.32. The molecule has 14 aromatic carbocycles. The van der Waals surface area contributed by atoms with E-state index in [0.717, 1.165) is 43.7 Å². The van der Waals surface area contributed by atoms with Gasteiger partial charge >= 0.3 is 7.12 Å². The Bertz CT molecular complexity index is 5640. The first-order valence-corrected chi connectivity index (χ1v) is 36.2. The van der Waals surface area contributed by atoms with Crippen LogP contribution >= 0.6 is 15.9 Å². The van der Waals surface area contributed by atoms with Crippen LogP contribution in [0.4, 0.5) is 0 Å². The minimum absolute atomic E-state index is 0.321. The number of hydrogen-bond acceptors (Lipinski definition) is 4. The van der Waals surface area contributed by atoms with E-state index < -0.39 is 0 Å². The van der Waals surface area contributed by atoms with Crippen LogP contribution in [-0.4, -0.2) is 37.4 Å². The molecule has 8 heteroatoms. The average molecular weight is 1370 g/mol. The maximum atomic E-state index is 6.28. The number of halogens is 1. The van der Waals surface area contributed by atoms with Gasteiger partial charge < -0.3 is 9.31 Å². The zero-order valence-corrected chi connectivity index (χ0v) is 60.9. The number of imidazole rings is 2. The molecule has 0 radical (unpaired) electrons. The Morgan fingerprint density at radius 3 is 1.04 bits per heavy atom. The third-order valence-electron chi connectivity index (χ3n) is 20.9. The summed E-state index contributed by atoms with van der Waals surface area (Å²) in [5.74, 6) is 2.41. The summed E-state index contributed by atoms with van der Waals surface area (Å²) in [5.41, 5.74) is 18.7. The maximum absolute atomic E-state index is 6.28. The van der Waals surface area contributed by atoms with Crippen molar-refractivity contribution in [3.05, 3.63) is 294 Å². The van der Waals surface area contributed by atoms with Crippen LogP contribution in [0.15, 0.2) is 272 Å². The predicted molar refractivity (Wildman–Crippen MR) is 430 cm³/mol. The van der Waals surface area contributed by atoms with E-state index in [2.05, 4.69) is 369 Å². The Morgan fingerprint density at radius 1 is 0.310 bits per heavy atom. The summed E-state index contributed by atoms with van der Waals surface area (Å²) in [6.07, 6.45) is 0. The fourth-order valence-corrected chi connectivity index (χ4v) is 15.5. The van der Waals surface area contributed by atoms with Gasteiger partial charge in [-0.05, 0) is 236 Å². The Hall–Kier alpha value is -9.96. The van der Waals surface area contributed by atoms with Gasteiger partial charge in [-0.3, -0.25) is 9.13 Å². The monoisotopic (exact) mass is 1370 g/mol. The molecule has 100 heavy (non-hydrogen) atoms. The minimum atomic E-state index is -0.343. The van der Waals surface area contributed by atoms with Gasteiger partial charge in [-0.1, -0.05) is 268 Å². The number of aromatic nitrogens is 4. The third kappa shape index (κ3) is 11.9. The number of hydrogen-bond donors (Lipinski definition) is 0. The highest BCUT2D eigenvalue weighted by Gasteiger charge is 2.51. The first kappa shape index (κ1) is 66.0. The Kier molecular flexibility index (Phi) is 17.6. The first-order chi connectivity index (χ1) is 48.3. The average Bonchev–Trinajstić information content (AvgIpc) is 1.75. The van der Waals surface area contributed by atoms with Crippen molar-refractivity contribution in [3.63, 3.8) is 0 Å². The van der Waals surface area contributed by atoms with Crippen molar-refractivity contribution in [1.29, 1.82) is 0 Å². The number of rotatable bonds is 10. The molecule has 494 valence electrons. The van der Waals surface area contributed by atoms with E-state index in [1.807, 2.05) is 6.07 Å². The lowest BCUT2D eigenvalue weighted by atomic mass is 9.77. The van der Waals surface area contributed by atoms with Gasteiger partial charge in [0.15, 0.2) is 4.73 Å². The van der Waals surface area contributed by atoms with Crippen molar-refractivity contribution in [2.45, 2.75) is 118 Å². The first-order valence-electron chi connectivity index (χ1n) is 35.4. The molecule has 16 aromatic rings. The lowest BCUT2D eigenvalue weighted by Crippen LogP contribution is -2.41. The molecule has 0 saturated carbocycles. The normalized spacial score (nSPS) is 13.7. The second kappa shape index (κ2) is 26.6. The zero-order chi connectivity index (χ0) is 69.3. The maximum Gasteiger partial charge on any atom is 0.494 e. The summed E-state index contributed by atoms with van der Waals surface area (Å²) in [6, 6.07) is 96.2. The molecular weight excluding hydrogens is 1280 g/mol. The van der Waals surface area contributed by atoms with Gasteiger partial charge in [-0.2, -0.15) is 0 Å². The van der Waals surface area contributed by atoms with Crippen LogP contribution in [0.5, 0.6) is 0 Å². The summed E-state index contributed by atoms with van der Waals surface area (Å²) < 4.78 is 18.1. The van der Waals surface area contributed by atoms with Crippen molar-refractivity contribution in [2.24, 2.45) is 0 Å². The van der Waals surface area contributed by atoms with Crippen LogP contribution in [0.2, 0.25) is 0 Å². The number of fused-ring (bicyclic) bond motifs is 14. The van der Waals surface area contributed by atoms with Gasteiger partial charge in [0.2, 0.25) is 0 Å². The van der Waals surface area contributed by atoms with Gasteiger partial charge in [-0.25, -0.2) is 9.97 Å². The zero-order valence-electron chi connectivity index (χ0n) is 59.3. The third-order valence-corrected chi connectivity index (χ3v) is 21.4. The molecule has 17 rings (SSSR count). The van der Waals surface area contributed by atoms with Gasteiger partial charge in [0.05, 0.1) is 44.6 Å². The second-order valence-corrected chi connectivity index (χ2v) is 29.9. The van der Waals surface area contributed by atoms with E-state index in [4.69, 9.17) is 19.3 Å². The molecule has 0 atom stereocenters. The molecule has 6 nitrogen and oxygen atoms in total. The number of benzene rings is 14. The van der Waals surface area contributed by atoms with Crippen LogP contribution in [0.3, 0.4) is 0 Å². The smallest absolute Gasteiger partial charge is 0.399 e. The van der Waals surface area contributed by atoms with E-state index >= 15 is 0 Å². The molecule has 3 heterocycles. The van der Waals surface area contributed by atoms with Crippen LogP contribution in [0.25, 0.3) is 132 Å². The molecular formula is C92H84BBrN4O2. The Labute approximate surface area is 596 Å². The van der Waals surface area contributed by atoms with Crippen molar-refractivity contribution in [1.82, 2.24) is 19.1 Å². The molecule has 0 aliphatic carbocycles. The van der Waals surface area contributed by atoms with Crippen molar-refractivity contribution in [3.8, 4) is 45.0 Å². The largest absolute Gasteiger partial charge is 0.494 e. The van der Waals surface area contributed by atoms with Gasteiger partial charge in [0.25, 0.3) is 0 Å². The molecule has 1 saturated heterocycles. The van der Waals surface area contributed by atoms with Gasteiger partial charge in [0.1, 0.15) is 5.82 Å². The topological polar surface area (TPSA) is 54.1 Å². The summed E-state index contributed by atoms with van der Waals surface area (Å²) in [6.45, 7) is 26.7. The van der Waals surface area contributed by atoms with Crippen LogP contribution < -0.4 is 5.46 Å². The lowest BCUT2D eigenvalue weighted by molar-refractivity contribution is 0.00578. The molecule has 1 fully saturated rings. The van der Waals surface area contributed by atoms with Crippen molar-refractivity contribution in [2.75, 3.05) is 0 Å². The van der Waals surface area contributed by atoms with E-state index in [1.165, 1.54) is 121 Å². The van der Waals surface area contributed by atoms with Gasteiger partial charge in [0, 0.05) is 5.56 Å². The summed E-state index contributed by atoms with van der Waals surface area (Å²) in [4.78, 5) is 10.1. The fraction of sp³-hybridized carbons (Fsp3) is 0.196. The summed E-state index contributed by atoms with van der Waals surface area (Å²) in [7, 11) is -0.343.